The predicted molar refractivity (Wildman–Crippen MR) is 101 cm³/mol. The lowest BCUT2D eigenvalue weighted by Gasteiger charge is -2.18. The number of thioether (sulfide) groups is 1. The van der Waals surface area contributed by atoms with Crippen molar-refractivity contribution in [3.63, 3.8) is 0 Å². The Morgan fingerprint density at radius 2 is 2.04 bits per heavy atom. The molecule has 0 radical (unpaired) electrons. The molecule has 0 aliphatic carbocycles. The number of rotatable bonds is 6. The molecule has 2 amide bonds. The van der Waals surface area contributed by atoms with E-state index < -0.39 is 23.2 Å². The van der Waals surface area contributed by atoms with Gasteiger partial charge in [-0.15, -0.1) is 0 Å². The van der Waals surface area contributed by atoms with Crippen LogP contribution in [0.3, 0.4) is 0 Å². The molecule has 0 aromatic heterocycles. The minimum absolute atomic E-state index is 0.0367. The van der Waals surface area contributed by atoms with Gasteiger partial charge >= 0.3 is 5.97 Å². The van der Waals surface area contributed by atoms with Gasteiger partial charge in [-0.2, -0.15) is 0 Å². The standard InChI is InChI=1S/C18H20ClNO5S/c1-5-10(2)25-14-7-6-12(8-13(14)19)9-15-16(21)20(18(23)26-15)11(3)17(22)24-4/h6-11H,5H2,1-4H3/b15-9+/t10-,11+/m0/s1. The first-order chi connectivity index (χ1) is 12.3. The molecular formula is C18H20ClNO5S. The summed E-state index contributed by atoms with van der Waals surface area (Å²) in [5.41, 5.74) is 0.655. The molecular weight excluding hydrogens is 378 g/mol. The summed E-state index contributed by atoms with van der Waals surface area (Å²) in [6.45, 7) is 5.41. The summed E-state index contributed by atoms with van der Waals surface area (Å²) in [6, 6.07) is 4.16. The van der Waals surface area contributed by atoms with Gasteiger partial charge in [0.05, 0.1) is 23.1 Å². The molecule has 1 aliphatic rings. The molecule has 2 atom stereocenters. The highest BCUT2D eigenvalue weighted by molar-refractivity contribution is 8.18. The Balaban J connectivity index is 2.22. The van der Waals surface area contributed by atoms with Crippen LogP contribution in [0.2, 0.25) is 5.02 Å². The van der Waals surface area contributed by atoms with E-state index in [1.54, 1.807) is 24.3 Å². The molecule has 1 aromatic rings. The highest BCUT2D eigenvalue weighted by Crippen LogP contribution is 2.35. The maximum absolute atomic E-state index is 12.5. The van der Waals surface area contributed by atoms with Crippen LogP contribution < -0.4 is 4.74 Å². The maximum Gasteiger partial charge on any atom is 0.328 e. The number of halogens is 1. The van der Waals surface area contributed by atoms with Gasteiger partial charge in [0.1, 0.15) is 11.8 Å². The van der Waals surface area contributed by atoms with E-state index in [1.807, 2.05) is 13.8 Å². The Bertz CT molecular complexity index is 764. The second-order valence-corrected chi connectivity index (χ2v) is 7.18. The normalized spacial score (nSPS) is 18.2. The van der Waals surface area contributed by atoms with Crippen molar-refractivity contribution in [2.45, 2.75) is 39.3 Å². The van der Waals surface area contributed by atoms with Crippen LogP contribution in [0.25, 0.3) is 6.08 Å². The van der Waals surface area contributed by atoms with Gasteiger partial charge < -0.3 is 9.47 Å². The highest BCUT2D eigenvalue weighted by atomic mass is 35.5. The van der Waals surface area contributed by atoms with E-state index in [-0.39, 0.29) is 11.0 Å². The lowest BCUT2D eigenvalue weighted by molar-refractivity contribution is -0.148. The van der Waals surface area contributed by atoms with Crippen molar-refractivity contribution >= 4 is 46.6 Å². The first-order valence-electron chi connectivity index (χ1n) is 8.09. The van der Waals surface area contributed by atoms with E-state index in [1.165, 1.54) is 14.0 Å². The Kier molecular flexibility index (Phi) is 6.72. The maximum atomic E-state index is 12.5. The van der Waals surface area contributed by atoms with Crippen LogP contribution in [0.1, 0.15) is 32.8 Å². The number of methoxy groups -OCH3 is 1. The van der Waals surface area contributed by atoms with E-state index in [4.69, 9.17) is 16.3 Å². The number of amides is 2. The second-order valence-electron chi connectivity index (χ2n) is 5.78. The number of ether oxygens (including phenoxy) is 2. The average Bonchev–Trinajstić information content (AvgIpc) is 2.89. The third kappa shape index (κ3) is 4.40. The van der Waals surface area contributed by atoms with Crippen LogP contribution >= 0.6 is 23.4 Å². The summed E-state index contributed by atoms with van der Waals surface area (Å²) in [4.78, 5) is 37.3. The lowest BCUT2D eigenvalue weighted by atomic mass is 10.2. The van der Waals surface area contributed by atoms with Crippen LogP contribution in [0.15, 0.2) is 23.1 Å². The largest absolute Gasteiger partial charge is 0.489 e. The van der Waals surface area contributed by atoms with Crippen LogP contribution in [0.5, 0.6) is 5.75 Å². The van der Waals surface area contributed by atoms with Crippen LogP contribution in [0.4, 0.5) is 4.79 Å². The Morgan fingerprint density at radius 1 is 1.35 bits per heavy atom. The van der Waals surface area contributed by atoms with Gasteiger partial charge in [0.25, 0.3) is 11.1 Å². The summed E-state index contributed by atoms with van der Waals surface area (Å²) < 4.78 is 10.3. The minimum Gasteiger partial charge on any atom is -0.489 e. The van der Waals surface area contributed by atoms with Gasteiger partial charge in [0.2, 0.25) is 0 Å². The number of nitrogens with zero attached hydrogens (tertiary/aromatic N) is 1. The summed E-state index contributed by atoms with van der Waals surface area (Å²) >= 11 is 7.01. The van der Waals surface area contributed by atoms with E-state index in [2.05, 4.69) is 4.74 Å². The fourth-order valence-electron chi connectivity index (χ4n) is 2.24. The van der Waals surface area contributed by atoms with Crippen molar-refractivity contribution in [2.24, 2.45) is 0 Å². The minimum atomic E-state index is -0.978. The molecule has 1 saturated heterocycles. The van der Waals surface area contributed by atoms with E-state index >= 15 is 0 Å². The van der Waals surface area contributed by atoms with E-state index in [9.17, 15) is 14.4 Å². The molecule has 1 aromatic carbocycles. The molecule has 2 rings (SSSR count). The first kappa shape index (κ1) is 20.3. The quantitative estimate of drug-likeness (QED) is 0.531. The fourth-order valence-corrected chi connectivity index (χ4v) is 3.39. The van der Waals surface area contributed by atoms with Crippen LogP contribution in [-0.2, 0) is 14.3 Å². The zero-order chi connectivity index (χ0) is 19.4. The highest BCUT2D eigenvalue weighted by Gasteiger charge is 2.41. The summed E-state index contributed by atoms with van der Waals surface area (Å²) in [5, 5.41) is -0.0943. The molecule has 26 heavy (non-hydrogen) atoms. The predicted octanol–water partition coefficient (Wildman–Crippen LogP) is 4.12. The zero-order valence-corrected chi connectivity index (χ0v) is 16.5. The molecule has 140 valence electrons. The molecule has 0 bridgehead atoms. The van der Waals surface area contributed by atoms with Crippen molar-refractivity contribution < 1.29 is 23.9 Å². The van der Waals surface area contributed by atoms with Crippen molar-refractivity contribution in [2.75, 3.05) is 7.11 Å². The third-order valence-electron chi connectivity index (χ3n) is 3.91. The molecule has 0 spiro atoms. The Hall–Kier alpha value is -1.99. The monoisotopic (exact) mass is 397 g/mol. The number of esters is 1. The average molecular weight is 398 g/mol. The molecule has 0 N–H and O–H groups in total. The summed E-state index contributed by atoms with van der Waals surface area (Å²) in [5.74, 6) is -0.623. The molecule has 1 aliphatic heterocycles. The smallest absolute Gasteiger partial charge is 0.328 e. The van der Waals surface area contributed by atoms with Crippen LogP contribution in [-0.4, -0.2) is 41.3 Å². The number of carbonyl (C=O) groups is 3. The Morgan fingerprint density at radius 3 is 2.62 bits per heavy atom. The van der Waals surface area contributed by atoms with Crippen molar-refractivity contribution in [1.82, 2.24) is 4.90 Å². The summed E-state index contributed by atoms with van der Waals surface area (Å²) in [7, 11) is 1.21. The van der Waals surface area contributed by atoms with Gasteiger partial charge in [-0.05, 0) is 55.8 Å². The topological polar surface area (TPSA) is 72.9 Å². The number of carbonyl (C=O) groups excluding carboxylic acids is 3. The molecule has 6 nitrogen and oxygen atoms in total. The van der Waals surface area contributed by atoms with Crippen molar-refractivity contribution in [3.05, 3.63) is 33.7 Å². The van der Waals surface area contributed by atoms with Gasteiger partial charge in [0, 0.05) is 0 Å². The van der Waals surface area contributed by atoms with Gasteiger partial charge in [-0.25, -0.2) is 4.79 Å². The van der Waals surface area contributed by atoms with E-state index in [0.717, 1.165) is 23.1 Å². The number of benzene rings is 1. The molecule has 0 saturated carbocycles. The number of hydrogen-bond donors (Lipinski definition) is 0. The van der Waals surface area contributed by atoms with Crippen LogP contribution in [0, 0.1) is 0 Å². The number of imide groups is 1. The van der Waals surface area contributed by atoms with Crippen molar-refractivity contribution in [1.29, 1.82) is 0 Å². The molecule has 0 unspecified atom stereocenters. The Labute approximate surface area is 161 Å². The van der Waals surface area contributed by atoms with E-state index in [0.29, 0.717) is 16.3 Å². The van der Waals surface area contributed by atoms with Crippen molar-refractivity contribution in [3.8, 4) is 5.75 Å². The molecule has 1 fully saturated rings. The molecule has 8 heteroatoms. The fraction of sp³-hybridized carbons (Fsp3) is 0.389. The van der Waals surface area contributed by atoms with Gasteiger partial charge in [-0.3, -0.25) is 14.5 Å². The lowest BCUT2D eigenvalue weighted by Crippen LogP contribution is -2.42. The zero-order valence-electron chi connectivity index (χ0n) is 14.9. The second kappa shape index (κ2) is 8.60. The molecule has 1 heterocycles. The van der Waals surface area contributed by atoms with Gasteiger partial charge in [0.15, 0.2) is 0 Å². The summed E-state index contributed by atoms with van der Waals surface area (Å²) in [6.07, 6.45) is 2.45. The first-order valence-corrected chi connectivity index (χ1v) is 9.29. The van der Waals surface area contributed by atoms with Gasteiger partial charge in [-0.1, -0.05) is 24.6 Å². The third-order valence-corrected chi connectivity index (χ3v) is 5.09. The SMILES string of the molecule is CC[C@H](C)Oc1ccc(/C=C2/SC(=O)N([C@H](C)C(=O)OC)C2=O)cc1Cl. The number of hydrogen-bond acceptors (Lipinski definition) is 6.